The van der Waals surface area contributed by atoms with Crippen LogP contribution in [0.3, 0.4) is 0 Å². The summed E-state index contributed by atoms with van der Waals surface area (Å²) in [4.78, 5) is 70.5. The van der Waals surface area contributed by atoms with Gasteiger partial charge in [-0.15, -0.1) is 23.5 Å². The molecule has 0 radical (unpaired) electrons. The Kier molecular flexibility index (Phi) is 6.13. The van der Waals surface area contributed by atoms with Gasteiger partial charge in [0.2, 0.25) is 17.7 Å². The van der Waals surface area contributed by atoms with Crippen molar-refractivity contribution in [3.05, 3.63) is 35.9 Å². The number of esters is 1. The Balaban J connectivity index is 1.22. The van der Waals surface area contributed by atoms with Crippen molar-refractivity contribution in [2.75, 3.05) is 6.61 Å². The van der Waals surface area contributed by atoms with Gasteiger partial charge in [-0.1, -0.05) is 30.3 Å². The third kappa shape index (κ3) is 3.73. The number of ether oxygens (including phenoxy) is 1. The van der Waals surface area contributed by atoms with Crippen molar-refractivity contribution < 1.29 is 33.8 Å². The molecule has 2 N–H and O–H groups in total. The molecular formula is C28H34N4O7S2. The fraction of sp³-hybridized carbons (Fsp3) is 0.607. The zero-order valence-electron chi connectivity index (χ0n) is 23.7. The first-order valence-electron chi connectivity index (χ1n) is 13.6. The summed E-state index contributed by atoms with van der Waals surface area (Å²) in [6.07, 6.45) is 0.250. The molecule has 0 bridgehead atoms. The van der Waals surface area contributed by atoms with Gasteiger partial charge in [0, 0.05) is 4.75 Å². The Bertz CT molecular complexity index is 1370. The molecule has 5 aliphatic rings. The van der Waals surface area contributed by atoms with Crippen molar-refractivity contribution in [3.8, 4) is 0 Å². The van der Waals surface area contributed by atoms with Gasteiger partial charge in [-0.2, -0.15) is 0 Å². The van der Waals surface area contributed by atoms with Crippen molar-refractivity contribution in [2.45, 2.75) is 97.5 Å². The number of hydrogen-bond donors (Lipinski definition) is 2. The van der Waals surface area contributed by atoms with Gasteiger partial charge in [-0.3, -0.25) is 19.7 Å². The van der Waals surface area contributed by atoms with E-state index in [2.05, 4.69) is 5.32 Å². The van der Waals surface area contributed by atoms with Crippen LogP contribution in [0.4, 0.5) is 0 Å². The fourth-order valence-corrected chi connectivity index (χ4v) is 10.5. The Morgan fingerprint density at radius 3 is 2.27 bits per heavy atom. The average molecular weight is 603 g/mol. The lowest BCUT2D eigenvalue weighted by Gasteiger charge is -2.50. The molecule has 5 saturated heterocycles. The summed E-state index contributed by atoms with van der Waals surface area (Å²) in [7, 11) is 0. The van der Waals surface area contributed by atoms with Crippen LogP contribution in [-0.4, -0.2) is 99.6 Å². The van der Waals surface area contributed by atoms with Crippen molar-refractivity contribution in [3.63, 3.8) is 0 Å². The molecule has 0 spiro atoms. The molecule has 5 aliphatic heterocycles. The molecule has 6 rings (SSSR count). The van der Waals surface area contributed by atoms with E-state index in [1.807, 2.05) is 58.0 Å². The Morgan fingerprint density at radius 2 is 1.66 bits per heavy atom. The molecule has 11 nitrogen and oxygen atoms in total. The molecule has 5 heterocycles. The number of hydrogen-bond acceptors (Lipinski definition) is 9. The molecule has 0 aliphatic carbocycles. The van der Waals surface area contributed by atoms with Crippen LogP contribution in [0.1, 0.15) is 59.6 Å². The quantitative estimate of drug-likeness (QED) is 0.366. The number of thioether (sulfide) groups is 2. The molecule has 41 heavy (non-hydrogen) atoms. The summed E-state index contributed by atoms with van der Waals surface area (Å²) >= 11 is 2.81. The van der Waals surface area contributed by atoms with Gasteiger partial charge in [0.25, 0.3) is 0 Å². The van der Waals surface area contributed by atoms with Crippen molar-refractivity contribution in [1.82, 2.24) is 20.0 Å². The number of fused-ring (bicyclic) bond motifs is 2. The van der Waals surface area contributed by atoms with Gasteiger partial charge in [0.1, 0.15) is 30.1 Å². The number of carboxylic acids is 1. The lowest BCUT2D eigenvalue weighted by molar-refractivity contribution is -0.182. The average Bonchev–Trinajstić information content (AvgIpc) is 3.35. The van der Waals surface area contributed by atoms with Gasteiger partial charge < -0.3 is 24.5 Å². The molecule has 0 saturated carbocycles. The second-order valence-corrected chi connectivity index (χ2v) is 16.4. The molecule has 5 fully saturated rings. The maximum Gasteiger partial charge on any atom is 0.334 e. The van der Waals surface area contributed by atoms with E-state index in [0.29, 0.717) is 0 Å². The highest BCUT2D eigenvalue weighted by Gasteiger charge is 2.72. The lowest BCUT2D eigenvalue weighted by atomic mass is 9.82. The molecule has 0 aromatic heterocycles. The van der Waals surface area contributed by atoms with Crippen LogP contribution >= 0.6 is 23.5 Å². The van der Waals surface area contributed by atoms with Gasteiger partial charge in [0.15, 0.2) is 5.54 Å². The number of β-lactam (4-membered cyclic amide) rings is 2. The Labute approximate surface area is 246 Å². The minimum atomic E-state index is -1.71. The van der Waals surface area contributed by atoms with E-state index < -0.39 is 62.7 Å². The fourth-order valence-electron chi connectivity index (χ4n) is 7.05. The van der Waals surface area contributed by atoms with Gasteiger partial charge >= 0.3 is 11.9 Å². The Morgan fingerprint density at radius 1 is 1.00 bits per heavy atom. The number of nitrogens with zero attached hydrogens (tertiary/aromatic N) is 3. The third-order valence-corrected chi connectivity index (χ3v) is 12.3. The lowest BCUT2D eigenvalue weighted by Crippen LogP contribution is -2.74. The third-order valence-electron chi connectivity index (χ3n) is 9.15. The number of carbonyl (C=O) groups is 5. The zero-order valence-corrected chi connectivity index (χ0v) is 25.4. The highest BCUT2D eigenvalue weighted by molar-refractivity contribution is 8.02. The first kappa shape index (κ1) is 28.4. The molecule has 13 heteroatoms. The smallest absolute Gasteiger partial charge is 0.334 e. The monoisotopic (exact) mass is 602 g/mol. The van der Waals surface area contributed by atoms with Crippen molar-refractivity contribution in [1.29, 1.82) is 0 Å². The number of nitrogens with one attached hydrogen (secondary N) is 1. The summed E-state index contributed by atoms with van der Waals surface area (Å²) < 4.78 is 4.05. The van der Waals surface area contributed by atoms with Crippen LogP contribution in [0.2, 0.25) is 0 Å². The van der Waals surface area contributed by atoms with Crippen LogP contribution in [0.15, 0.2) is 30.3 Å². The standard InChI is InChI=1S/C28H34N4O7S2/c1-25(2)19(23(36)39-13-28(24(37)38)26(3,4)40-16-12-15(33)31(16)28)30-21(35)18(22(30)41-25)32-20(34)17(29-27(32,5)6)14-10-8-7-9-11-14/h7-11,16-19,22,29H,12-13H2,1-6H3,(H,37,38)/t16-,17?,18-,19+,22-,28+/m1/s1. The van der Waals surface area contributed by atoms with E-state index >= 15 is 0 Å². The maximum absolute atomic E-state index is 13.7. The topological polar surface area (TPSA) is 137 Å². The Hall–Kier alpha value is -2.77. The second kappa shape index (κ2) is 8.87. The summed E-state index contributed by atoms with van der Waals surface area (Å²) in [6, 6.07) is 6.99. The predicted octanol–water partition coefficient (Wildman–Crippen LogP) is 1.78. The van der Waals surface area contributed by atoms with E-state index in [1.165, 1.54) is 33.3 Å². The van der Waals surface area contributed by atoms with Crippen LogP contribution in [-0.2, 0) is 28.7 Å². The number of rotatable bonds is 6. The molecule has 1 aromatic rings. The molecule has 6 atom stereocenters. The zero-order chi connectivity index (χ0) is 29.9. The largest absolute Gasteiger partial charge is 0.479 e. The van der Waals surface area contributed by atoms with Gasteiger partial charge in [0.05, 0.1) is 22.2 Å². The van der Waals surface area contributed by atoms with E-state index in [4.69, 9.17) is 4.74 Å². The molecule has 220 valence electrons. The second-order valence-electron chi connectivity index (χ2n) is 12.8. The van der Waals surface area contributed by atoms with E-state index in [9.17, 15) is 29.1 Å². The first-order valence-corrected chi connectivity index (χ1v) is 15.4. The number of benzene rings is 1. The van der Waals surface area contributed by atoms with Crippen LogP contribution in [0.5, 0.6) is 0 Å². The highest BCUT2D eigenvalue weighted by Crippen LogP contribution is 2.58. The highest BCUT2D eigenvalue weighted by atomic mass is 32.2. The van der Waals surface area contributed by atoms with Crippen molar-refractivity contribution >= 4 is 53.2 Å². The predicted molar refractivity (Wildman–Crippen MR) is 151 cm³/mol. The SMILES string of the molecule is CC1(C)S[C@@H]2[C@H](N3C(=O)C(c4ccccc4)NC3(C)C)C(=O)N2[C@H]1C(=O)OC[C@@]1(C(=O)O)N2C(=O)C[C@H]2SC1(C)C. The summed E-state index contributed by atoms with van der Waals surface area (Å²) in [6.45, 7) is 10.4. The van der Waals surface area contributed by atoms with Crippen LogP contribution in [0.25, 0.3) is 0 Å². The van der Waals surface area contributed by atoms with E-state index in [1.54, 1.807) is 18.7 Å². The maximum atomic E-state index is 13.7. The normalized spacial score (nSPS) is 36.0. The first-order chi connectivity index (χ1) is 19.0. The number of aliphatic carboxylic acids is 1. The summed E-state index contributed by atoms with van der Waals surface area (Å²) in [5, 5.41) is 12.9. The molecule has 1 aromatic carbocycles. The summed E-state index contributed by atoms with van der Waals surface area (Å²) in [5.41, 5.74) is -1.72. The number of carboxylic acid groups (broad SMARTS) is 1. The van der Waals surface area contributed by atoms with Gasteiger partial charge in [-0.05, 0) is 47.1 Å². The number of amides is 3. The summed E-state index contributed by atoms with van der Waals surface area (Å²) in [5.74, 6) is -2.80. The molecular weight excluding hydrogens is 568 g/mol. The van der Waals surface area contributed by atoms with Crippen LogP contribution < -0.4 is 5.32 Å². The number of carbonyl (C=O) groups excluding carboxylic acids is 4. The molecule has 3 amide bonds. The van der Waals surface area contributed by atoms with Crippen LogP contribution in [0, 0.1) is 0 Å². The van der Waals surface area contributed by atoms with E-state index in [0.717, 1.165) is 5.56 Å². The minimum Gasteiger partial charge on any atom is -0.479 e. The molecule has 1 unspecified atom stereocenters. The van der Waals surface area contributed by atoms with Gasteiger partial charge in [-0.25, -0.2) is 9.59 Å². The van der Waals surface area contributed by atoms with Crippen molar-refractivity contribution in [2.24, 2.45) is 0 Å². The van der Waals surface area contributed by atoms with E-state index in [-0.39, 0.29) is 29.5 Å². The minimum absolute atomic E-state index is 0.207.